The van der Waals surface area contributed by atoms with E-state index in [1.54, 1.807) is 6.33 Å². The summed E-state index contributed by atoms with van der Waals surface area (Å²) in [7, 11) is 0. The van der Waals surface area contributed by atoms with Crippen LogP contribution >= 0.6 is 23.4 Å². The van der Waals surface area contributed by atoms with Gasteiger partial charge in [-0.2, -0.15) is 0 Å². The molecule has 0 saturated heterocycles. The van der Waals surface area contributed by atoms with Gasteiger partial charge < -0.3 is 4.90 Å². The zero-order chi connectivity index (χ0) is 17.6. The van der Waals surface area contributed by atoms with Gasteiger partial charge in [0.2, 0.25) is 5.91 Å². The van der Waals surface area contributed by atoms with Crippen molar-refractivity contribution < 1.29 is 4.79 Å². The Morgan fingerprint density at radius 2 is 2.16 bits per heavy atom. The topological polar surface area (TPSA) is 51.0 Å². The first kappa shape index (κ1) is 18.3. The third-order valence-electron chi connectivity index (χ3n) is 4.60. The van der Waals surface area contributed by atoms with Crippen molar-refractivity contribution in [2.24, 2.45) is 0 Å². The van der Waals surface area contributed by atoms with Crippen LogP contribution in [0.2, 0.25) is 5.02 Å². The Kier molecular flexibility index (Phi) is 6.37. The summed E-state index contributed by atoms with van der Waals surface area (Å²) in [4.78, 5) is 14.7. The summed E-state index contributed by atoms with van der Waals surface area (Å²) in [6.07, 6.45) is 7.65. The number of carbonyl (C=O) groups excluding carboxylic acids is 1. The van der Waals surface area contributed by atoms with Gasteiger partial charge in [0, 0.05) is 17.6 Å². The van der Waals surface area contributed by atoms with Crippen LogP contribution in [0, 0.1) is 0 Å². The van der Waals surface area contributed by atoms with E-state index in [0.717, 1.165) is 25.1 Å². The van der Waals surface area contributed by atoms with Gasteiger partial charge in [0.1, 0.15) is 6.33 Å². The predicted molar refractivity (Wildman–Crippen MR) is 101 cm³/mol. The van der Waals surface area contributed by atoms with Crippen molar-refractivity contribution in [1.82, 2.24) is 19.7 Å². The highest BCUT2D eigenvalue weighted by atomic mass is 35.5. The molecule has 0 radical (unpaired) electrons. The highest BCUT2D eigenvalue weighted by molar-refractivity contribution is 7.99. The molecule has 3 rings (SSSR count). The Morgan fingerprint density at radius 3 is 2.88 bits per heavy atom. The SMILES string of the molecule is CCN(C(=O)CSc1nncn1-c1cccc(Cl)c1)C1CCCCC1. The van der Waals surface area contributed by atoms with Crippen molar-refractivity contribution in [3.63, 3.8) is 0 Å². The van der Waals surface area contributed by atoms with Gasteiger partial charge in [0.05, 0.1) is 11.4 Å². The third-order valence-corrected chi connectivity index (χ3v) is 5.77. The lowest BCUT2D eigenvalue weighted by Gasteiger charge is -2.33. The molecule has 0 spiro atoms. The molecule has 1 aliphatic carbocycles. The zero-order valence-electron chi connectivity index (χ0n) is 14.4. The van der Waals surface area contributed by atoms with E-state index in [4.69, 9.17) is 11.6 Å². The quantitative estimate of drug-likeness (QED) is 0.707. The molecule has 7 heteroatoms. The molecule has 134 valence electrons. The second-order valence-corrected chi connectivity index (χ2v) is 7.60. The Morgan fingerprint density at radius 1 is 1.36 bits per heavy atom. The minimum Gasteiger partial charge on any atom is -0.339 e. The van der Waals surface area contributed by atoms with E-state index in [2.05, 4.69) is 17.1 Å². The van der Waals surface area contributed by atoms with E-state index < -0.39 is 0 Å². The Bertz CT molecular complexity index is 715. The Balaban J connectivity index is 1.65. The average molecular weight is 379 g/mol. The molecule has 2 aromatic rings. The molecule has 0 unspecified atom stereocenters. The lowest BCUT2D eigenvalue weighted by molar-refractivity contribution is -0.131. The molecule has 0 N–H and O–H groups in total. The maximum absolute atomic E-state index is 12.7. The van der Waals surface area contributed by atoms with Crippen molar-refractivity contribution in [3.8, 4) is 5.69 Å². The molecular formula is C18H23ClN4OS. The van der Waals surface area contributed by atoms with E-state index in [1.807, 2.05) is 33.7 Å². The van der Waals surface area contributed by atoms with E-state index in [0.29, 0.717) is 22.0 Å². The maximum Gasteiger partial charge on any atom is 0.233 e. The minimum absolute atomic E-state index is 0.181. The Hall–Kier alpha value is -1.53. The van der Waals surface area contributed by atoms with Crippen LogP contribution in [0.4, 0.5) is 0 Å². The monoisotopic (exact) mass is 378 g/mol. The first-order chi connectivity index (χ1) is 12.2. The normalized spacial score (nSPS) is 15.3. The van der Waals surface area contributed by atoms with Crippen LogP contribution in [0.25, 0.3) is 5.69 Å². The molecule has 1 saturated carbocycles. The average Bonchev–Trinajstić information content (AvgIpc) is 3.10. The summed E-state index contributed by atoms with van der Waals surface area (Å²) in [6, 6.07) is 7.92. The number of carbonyl (C=O) groups is 1. The highest BCUT2D eigenvalue weighted by Crippen LogP contribution is 2.25. The van der Waals surface area contributed by atoms with Gasteiger partial charge in [0.15, 0.2) is 5.16 Å². The van der Waals surface area contributed by atoms with Gasteiger partial charge in [0.25, 0.3) is 0 Å². The number of hydrogen-bond acceptors (Lipinski definition) is 4. The molecule has 1 aromatic carbocycles. The predicted octanol–water partition coefficient (Wildman–Crippen LogP) is 4.19. The van der Waals surface area contributed by atoms with Gasteiger partial charge in [-0.15, -0.1) is 10.2 Å². The van der Waals surface area contributed by atoms with Crippen molar-refractivity contribution >= 4 is 29.3 Å². The van der Waals surface area contributed by atoms with Crippen LogP contribution in [-0.2, 0) is 4.79 Å². The fourth-order valence-electron chi connectivity index (χ4n) is 3.37. The van der Waals surface area contributed by atoms with Gasteiger partial charge in [-0.25, -0.2) is 0 Å². The first-order valence-corrected chi connectivity index (χ1v) is 10.1. The molecule has 1 aliphatic rings. The summed E-state index contributed by atoms with van der Waals surface area (Å²) in [5.74, 6) is 0.559. The van der Waals surface area contributed by atoms with Gasteiger partial charge in [-0.3, -0.25) is 9.36 Å². The van der Waals surface area contributed by atoms with Crippen molar-refractivity contribution in [2.45, 2.75) is 50.2 Å². The van der Waals surface area contributed by atoms with Crippen LogP contribution in [0.15, 0.2) is 35.7 Å². The molecular weight excluding hydrogens is 356 g/mol. The second-order valence-electron chi connectivity index (χ2n) is 6.22. The summed E-state index contributed by atoms with van der Waals surface area (Å²) >= 11 is 7.49. The van der Waals surface area contributed by atoms with Gasteiger partial charge in [-0.1, -0.05) is 48.7 Å². The van der Waals surface area contributed by atoms with Crippen LogP contribution in [0.1, 0.15) is 39.0 Å². The summed E-state index contributed by atoms with van der Waals surface area (Å²) in [5.41, 5.74) is 0.895. The van der Waals surface area contributed by atoms with Gasteiger partial charge in [-0.05, 0) is 38.0 Å². The van der Waals surface area contributed by atoms with E-state index in [-0.39, 0.29) is 5.91 Å². The standard InChI is InChI=1S/C18H23ClN4OS/c1-2-22(15-8-4-3-5-9-15)17(24)12-25-18-21-20-13-23(18)16-10-6-7-14(19)11-16/h6-7,10-11,13,15H,2-5,8-9,12H2,1H3. The largest absolute Gasteiger partial charge is 0.339 e. The number of nitrogens with zero attached hydrogens (tertiary/aromatic N) is 4. The molecule has 0 atom stereocenters. The third kappa shape index (κ3) is 4.55. The number of benzene rings is 1. The molecule has 1 fully saturated rings. The van der Waals surface area contributed by atoms with E-state index in [9.17, 15) is 4.79 Å². The zero-order valence-corrected chi connectivity index (χ0v) is 16.0. The highest BCUT2D eigenvalue weighted by Gasteiger charge is 2.24. The summed E-state index contributed by atoms with van der Waals surface area (Å²) in [5, 5.41) is 9.50. The molecule has 5 nitrogen and oxygen atoms in total. The molecule has 25 heavy (non-hydrogen) atoms. The fourth-order valence-corrected chi connectivity index (χ4v) is 4.37. The summed E-state index contributed by atoms with van der Waals surface area (Å²) < 4.78 is 1.86. The molecule has 1 amide bonds. The fraction of sp³-hybridized carbons (Fsp3) is 0.500. The number of amides is 1. The smallest absolute Gasteiger partial charge is 0.233 e. The van der Waals surface area contributed by atoms with Crippen molar-refractivity contribution in [2.75, 3.05) is 12.3 Å². The number of hydrogen-bond donors (Lipinski definition) is 0. The molecule has 1 heterocycles. The van der Waals surface area contributed by atoms with Crippen molar-refractivity contribution in [3.05, 3.63) is 35.6 Å². The van der Waals surface area contributed by atoms with Crippen LogP contribution < -0.4 is 0 Å². The summed E-state index contributed by atoms with van der Waals surface area (Å²) in [6.45, 7) is 2.83. The number of aromatic nitrogens is 3. The lowest BCUT2D eigenvalue weighted by atomic mass is 9.94. The first-order valence-electron chi connectivity index (χ1n) is 8.77. The Labute approximate surface area is 157 Å². The van der Waals surface area contributed by atoms with E-state index >= 15 is 0 Å². The van der Waals surface area contributed by atoms with Crippen LogP contribution in [-0.4, -0.2) is 43.9 Å². The lowest BCUT2D eigenvalue weighted by Crippen LogP contribution is -2.42. The van der Waals surface area contributed by atoms with Crippen LogP contribution in [0.5, 0.6) is 0 Å². The molecule has 0 aliphatic heterocycles. The second kappa shape index (κ2) is 8.72. The van der Waals surface area contributed by atoms with Crippen LogP contribution in [0.3, 0.4) is 0 Å². The van der Waals surface area contributed by atoms with Gasteiger partial charge >= 0.3 is 0 Å². The van der Waals surface area contributed by atoms with E-state index in [1.165, 1.54) is 31.0 Å². The molecule has 1 aromatic heterocycles. The number of rotatable bonds is 6. The maximum atomic E-state index is 12.7. The minimum atomic E-state index is 0.181. The molecule has 0 bridgehead atoms. The van der Waals surface area contributed by atoms with Crippen molar-refractivity contribution in [1.29, 1.82) is 0 Å². The number of halogens is 1. The number of thioether (sulfide) groups is 1.